The summed E-state index contributed by atoms with van der Waals surface area (Å²) in [4.78, 5) is 12.2. The highest BCUT2D eigenvalue weighted by Gasteiger charge is 2.30. The van der Waals surface area contributed by atoms with Crippen LogP contribution < -0.4 is 5.32 Å². The number of hydrogen-bond acceptors (Lipinski definition) is 5. The van der Waals surface area contributed by atoms with Gasteiger partial charge in [-0.1, -0.05) is 27.7 Å². The summed E-state index contributed by atoms with van der Waals surface area (Å²) < 4.78 is 8.50. The lowest BCUT2D eigenvalue weighted by atomic mass is 10.3. The van der Waals surface area contributed by atoms with Crippen molar-refractivity contribution in [3.8, 4) is 0 Å². The van der Waals surface area contributed by atoms with Crippen molar-refractivity contribution in [3.63, 3.8) is 0 Å². The zero-order chi connectivity index (χ0) is 17.9. The van der Waals surface area contributed by atoms with Crippen LogP contribution in [0.5, 0.6) is 0 Å². The number of hydrogen-bond donors (Lipinski definition) is 1. The zero-order valence-electron chi connectivity index (χ0n) is 13.9. The lowest BCUT2D eigenvalue weighted by molar-refractivity contribution is -0.113. The van der Waals surface area contributed by atoms with Crippen LogP contribution in [0.3, 0.4) is 0 Å². The average molecular weight is 433 g/mol. The molecule has 1 aliphatic rings. The van der Waals surface area contributed by atoms with Gasteiger partial charge in [0.05, 0.1) is 18.6 Å². The van der Waals surface area contributed by atoms with Crippen LogP contribution in [0.1, 0.15) is 30.3 Å². The highest BCUT2D eigenvalue weighted by atomic mass is 79.9. The predicted molar refractivity (Wildman–Crippen MR) is 103 cm³/mol. The Morgan fingerprint density at radius 3 is 2.77 bits per heavy atom. The van der Waals surface area contributed by atoms with Crippen LogP contribution in [0.2, 0.25) is 0 Å². The maximum Gasteiger partial charge on any atom is 0.234 e. The first kappa shape index (κ1) is 17.4. The van der Waals surface area contributed by atoms with E-state index in [4.69, 9.17) is 4.42 Å². The van der Waals surface area contributed by atoms with Crippen LogP contribution in [-0.2, 0) is 11.3 Å². The first-order valence-electron chi connectivity index (χ1n) is 8.33. The summed E-state index contributed by atoms with van der Waals surface area (Å²) in [6.45, 7) is 0.586. The predicted octanol–water partition coefficient (Wildman–Crippen LogP) is 4.29. The number of nitrogens with zero attached hydrogens (tertiary/aromatic N) is 3. The number of furan rings is 1. The summed E-state index contributed by atoms with van der Waals surface area (Å²) in [7, 11) is 0. The molecule has 1 N–H and O–H groups in total. The third kappa shape index (κ3) is 4.19. The van der Waals surface area contributed by atoms with Crippen LogP contribution in [0.25, 0.3) is 0 Å². The molecule has 1 fully saturated rings. The van der Waals surface area contributed by atoms with Crippen molar-refractivity contribution in [1.29, 1.82) is 0 Å². The Labute approximate surface area is 163 Å². The second-order valence-electron chi connectivity index (χ2n) is 6.12. The maximum absolute atomic E-state index is 12.2. The molecule has 2 aromatic heterocycles. The molecule has 3 aromatic rings. The molecule has 1 aliphatic carbocycles. The van der Waals surface area contributed by atoms with E-state index in [1.807, 2.05) is 36.4 Å². The Morgan fingerprint density at radius 1 is 1.27 bits per heavy atom. The summed E-state index contributed by atoms with van der Waals surface area (Å²) in [5.74, 6) is 2.52. The zero-order valence-corrected chi connectivity index (χ0v) is 16.3. The van der Waals surface area contributed by atoms with Crippen LogP contribution in [0.15, 0.2) is 56.7 Å². The van der Waals surface area contributed by atoms with Gasteiger partial charge in [-0.2, -0.15) is 0 Å². The van der Waals surface area contributed by atoms with Crippen LogP contribution in [0, 0.1) is 0 Å². The molecule has 0 spiro atoms. The number of halogens is 1. The van der Waals surface area contributed by atoms with E-state index in [9.17, 15) is 4.79 Å². The third-order valence-corrected chi connectivity index (χ3v) is 5.54. The molecule has 0 unspecified atom stereocenters. The minimum absolute atomic E-state index is 0.0714. The number of carbonyl (C=O) groups excluding carboxylic acids is 1. The molecule has 0 atom stereocenters. The minimum Gasteiger partial charge on any atom is -0.467 e. The Hall–Kier alpha value is -2.06. The first-order valence-corrected chi connectivity index (χ1v) is 10.1. The molecule has 26 heavy (non-hydrogen) atoms. The number of amides is 1. The van der Waals surface area contributed by atoms with E-state index in [0.29, 0.717) is 12.5 Å². The van der Waals surface area contributed by atoms with E-state index >= 15 is 0 Å². The van der Waals surface area contributed by atoms with E-state index in [-0.39, 0.29) is 11.7 Å². The Balaban J connectivity index is 1.42. The van der Waals surface area contributed by atoms with Crippen LogP contribution in [-0.4, -0.2) is 26.4 Å². The average Bonchev–Trinajstić information content (AvgIpc) is 3.20. The Kier molecular flexibility index (Phi) is 5.12. The van der Waals surface area contributed by atoms with Crippen molar-refractivity contribution < 1.29 is 9.21 Å². The fourth-order valence-corrected chi connectivity index (χ4v) is 3.63. The fraction of sp³-hybridized carbons (Fsp3) is 0.278. The molecule has 1 amide bonds. The van der Waals surface area contributed by atoms with Crippen molar-refractivity contribution in [2.75, 3.05) is 11.1 Å². The van der Waals surface area contributed by atoms with Gasteiger partial charge in [-0.15, -0.1) is 10.2 Å². The topological polar surface area (TPSA) is 73.0 Å². The van der Waals surface area contributed by atoms with Crippen LogP contribution in [0.4, 0.5) is 5.69 Å². The summed E-state index contributed by atoms with van der Waals surface area (Å²) in [6, 6.07) is 11.3. The van der Waals surface area contributed by atoms with Crippen molar-refractivity contribution in [1.82, 2.24) is 14.8 Å². The van der Waals surface area contributed by atoms with Crippen molar-refractivity contribution >= 4 is 39.3 Å². The van der Waals surface area contributed by atoms with E-state index in [1.54, 1.807) is 6.26 Å². The molecule has 0 bridgehead atoms. The van der Waals surface area contributed by atoms with Gasteiger partial charge in [0, 0.05) is 16.1 Å². The van der Waals surface area contributed by atoms with Crippen molar-refractivity contribution in [2.45, 2.75) is 30.5 Å². The number of benzene rings is 1. The highest BCUT2D eigenvalue weighted by molar-refractivity contribution is 9.10. The van der Waals surface area contributed by atoms with Gasteiger partial charge < -0.3 is 9.73 Å². The maximum atomic E-state index is 12.2. The Bertz CT molecular complexity index is 889. The second-order valence-corrected chi connectivity index (χ2v) is 7.98. The molecular formula is C18H17BrN4O2S. The monoisotopic (exact) mass is 432 g/mol. The number of rotatable bonds is 7. The molecule has 0 aliphatic heterocycles. The number of thioether (sulfide) groups is 1. The quantitative estimate of drug-likeness (QED) is 0.563. The standard InChI is InChI=1S/C18H17BrN4O2S/c19-13-5-7-14(8-6-13)20-16(24)11-26-18-22-21-17(12-3-4-12)23(18)10-15-2-1-9-25-15/h1-2,5-9,12H,3-4,10-11H2,(H,20,24). The second kappa shape index (κ2) is 7.67. The van der Waals surface area contributed by atoms with Gasteiger partial charge in [0.2, 0.25) is 5.91 Å². The molecule has 6 nitrogen and oxygen atoms in total. The van der Waals surface area contributed by atoms with Gasteiger partial charge in [0.25, 0.3) is 0 Å². The smallest absolute Gasteiger partial charge is 0.234 e. The largest absolute Gasteiger partial charge is 0.467 e. The lowest BCUT2D eigenvalue weighted by Crippen LogP contribution is -2.15. The molecule has 134 valence electrons. The summed E-state index contributed by atoms with van der Waals surface area (Å²) in [5, 5.41) is 12.3. The third-order valence-electron chi connectivity index (χ3n) is 4.04. The lowest BCUT2D eigenvalue weighted by Gasteiger charge is -2.08. The molecule has 2 heterocycles. The number of aromatic nitrogens is 3. The molecule has 0 saturated heterocycles. The van der Waals surface area contributed by atoms with E-state index in [0.717, 1.165) is 39.7 Å². The number of anilines is 1. The van der Waals surface area contributed by atoms with Gasteiger partial charge in [0.1, 0.15) is 11.6 Å². The van der Waals surface area contributed by atoms with Crippen molar-refractivity contribution in [3.05, 3.63) is 58.7 Å². The minimum atomic E-state index is -0.0714. The SMILES string of the molecule is O=C(CSc1nnc(C2CC2)n1Cc1ccco1)Nc1ccc(Br)cc1. The van der Waals surface area contributed by atoms with E-state index < -0.39 is 0 Å². The van der Waals surface area contributed by atoms with E-state index in [2.05, 4.69) is 36.0 Å². The molecule has 1 saturated carbocycles. The molecule has 0 radical (unpaired) electrons. The van der Waals surface area contributed by atoms with Gasteiger partial charge >= 0.3 is 0 Å². The molecular weight excluding hydrogens is 416 g/mol. The normalized spacial score (nSPS) is 13.7. The molecule has 1 aromatic carbocycles. The van der Waals surface area contributed by atoms with E-state index in [1.165, 1.54) is 11.8 Å². The van der Waals surface area contributed by atoms with Gasteiger partial charge in [-0.05, 0) is 49.2 Å². The van der Waals surface area contributed by atoms with Crippen molar-refractivity contribution in [2.24, 2.45) is 0 Å². The summed E-state index contributed by atoms with van der Waals surface area (Å²) in [5.41, 5.74) is 0.773. The highest BCUT2D eigenvalue weighted by Crippen LogP contribution is 2.40. The first-order chi connectivity index (χ1) is 12.7. The summed E-state index contributed by atoms with van der Waals surface area (Å²) in [6.07, 6.45) is 3.95. The number of carbonyl (C=O) groups is 1. The van der Waals surface area contributed by atoms with Gasteiger partial charge in [-0.3, -0.25) is 9.36 Å². The van der Waals surface area contributed by atoms with Gasteiger partial charge in [-0.25, -0.2) is 0 Å². The van der Waals surface area contributed by atoms with Crippen LogP contribution >= 0.6 is 27.7 Å². The number of nitrogens with one attached hydrogen (secondary N) is 1. The fourth-order valence-electron chi connectivity index (χ4n) is 2.62. The molecule has 8 heteroatoms. The molecule has 4 rings (SSSR count). The van der Waals surface area contributed by atoms with Gasteiger partial charge in [0.15, 0.2) is 5.16 Å². The Morgan fingerprint density at radius 2 is 2.08 bits per heavy atom. The summed E-state index contributed by atoms with van der Waals surface area (Å²) >= 11 is 4.77.